The molecule has 4 heteroatoms. The first-order valence-electron chi connectivity index (χ1n) is 5.54. The maximum absolute atomic E-state index is 12.0. The normalized spacial score (nSPS) is 10.2. The van der Waals surface area contributed by atoms with Gasteiger partial charge in [-0.2, -0.15) is 0 Å². The van der Waals surface area contributed by atoms with Crippen LogP contribution in [0.1, 0.15) is 21.9 Å². The van der Waals surface area contributed by atoms with Crippen molar-refractivity contribution in [1.29, 1.82) is 0 Å². The van der Waals surface area contributed by atoms with E-state index in [1.54, 1.807) is 38.1 Å². The maximum atomic E-state index is 12.0. The van der Waals surface area contributed by atoms with E-state index in [9.17, 15) is 4.79 Å². The van der Waals surface area contributed by atoms with Crippen molar-refractivity contribution < 1.29 is 18.7 Å². The third-order valence-electron chi connectivity index (χ3n) is 2.53. The molecule has 0 saturated heterocycles. The van der Waals surface area contributed by atoms with E-state index >= 15 is 0 Å². The predicted octanol–water partition coefficient (Wildman–Crippen LogP) is 3.12. The van der Waals surface area contributed by atoms with Gasteiger partial charge in [-0.3, -0.25) is 0 Å². The van der Waals surface area contributed by atoms with Crippen molar-refractivity contribution in [1.82, 2.24) is 0 Å². The van der Waals surface area contributed by atoms with E-state index in [-0.39, 0.29) is 0 Å². The smallest absolute Gasteiger partial charge is 0.347 e. The van der Waals surface area contributed by atoms with Crippen LogP contribution < -0.4 is 9.47 Å². The lowest BCUT2D eigenvalue weighted by molar-refractivity contribution is 0.0728. The molecule has 18 heavy (non-hydrogen) atoms. The average Bonchev–Trinajstić information content (AvgIpc) is 2.69. The predicted molar refractivity (Wildman–Crippen MR) is 66.1 cm³/mol. The Morgan fingerprint density at radius 3 is 2.39 bits per heavy atom. The number of hydrogen-bond acceptors (Lipinski definition) is 4. The van der Waals surface area contributed by atoms with Gasteiger partial charge in [-0.15, -0.1) is 0 Å². The molecule has 0 N–H and O–H groups in total. The van der Waals surface area contributed by atoms with Crippen molar-refractivity contribution in [3.8, 4) is 11.5 Å². The van der Waals surface area contributed by atoms with Crippen LogP contribution in [0.5, 0.6) is 11.5 Å². The second-order valence-electron chi connectivity index (χ2n) is 3.87. The zero-order valence-corrected chi connectivity index (χ0v) is 10.5. The first-order valence-corrected chi connectivity index (χ1v) is 5.54. The molecule has 0 aliphatic carbocycles. The second kappa shape index (κ2) is 4.96. The van der Waals surface area contributed by atoms with E-state index in [4.69, 9.17) is 13.9 Å². The number of methoxy groups -OCH3 is 1. The number of ether oxygens (including phenoxy) is 2. The molecule has 2 aromatic rings. The fraction of sp³-hybridized carbons (Fsp3) is 0.214. The van der Waals surface area contributed by atoms with Crippen molar-refractivity contribution in [2.75, 3.05) is 7.11 Å². The minimum atomic E-state index is -0.450. The number of carbonyl (C=O) groups excluding carboxylic acids is 1. The Kier molecular flexibility index (Phi) is 3.37. The summed E-state index contributed by atoms with van der Waals surface area (Å²) in [4.78, 5) is 12.0. The van der Waals surface area contributed by atoms with Gasteiger partial charge in [0.15, 0.2) is 11.5 Å². The van der Waals surface area contributed by atoms with Gasteiger partial charge >= 0.3 is 5.97 Å². The third-order valence-corrected chi connectivity index (χ3v) is 2.53. The standard InChI is InChI=1S/C14H14O4/c1-9-8-11(10(2)17-9)14(15)18-13-7-5-4-6-12(13)16-3/h4-8H,1-3H3. The monoisotopic (exact) mass is 246 g/mol. The van der Waals surface area contributed by atoms with Crippen LogP contribution in [0, 0.1) is 13.8 Å². The third kappa shape index (κ3) is 2.37. The molecule has 1 aromatic heterocycles. The maximum Gasteiger partial charge on any atom is 0.347 e. The fourth-order valence-corrected chi connectivity index (χ4v) is 1.69. The van der Waals surface area contributed by atoms with E-state index in [0.717, 1.165) is 0 Å². The van der Waals surface area contributed by atoms with E-state index in [0.29, 0.717) is 28.6 Å². The lowest BCUT2D eigenvalue weighted by Crippen LogP contribution is -2.09. The summed E-state index contributed by atoms with van der Waals surface area (Å²) < 4.78 is 15.7. The van der Waals surface area contributed by atoms with Crippen molar-refractivity contribution in [2.45, 2.75) is 13.8 Å². The average molecular weight is 246 g/mol. The van der Waals surface area contributed by atoms with Gasteiger partial charge in [-0.25, -0.2) is 4.79 Å². The molecule has 0 unspecified atom stereocenters. The highest BCUT2D eigenvalue weighted by Crippen LogP contribution is 2.27. The van der Waals surface area contributed by atoms with Gasteiger partial charge in [0.25, 0.3) is 0 Å². The largest absolute Gasteiger partial charge is 0.493 e. The second-order valence-corrected chi connectivity index (χ2v) is 3.87. The van der Waals surface area contributed by atoms with Gasteiger partial charge in [0.1, 0.15) is 17.1 Å². The molecule has 94 valence electrons. The Bertz CT molecular complexity index is 569. The highest BCUT2D eigenvalue weighted by molar-refractivity contribution is 5.92. The summed E-state index contributed by atoms with van der Waals surface area (Å²) in [5.74, 6) is 1.69. The zero-order valence-electron chi connectivity index (χ0n) is 10.5. The molecule has 1 heterocycles. The van der Waals surface area contributed by atoms with E-state index in [2.05, 4.69) is 0 Å². The highest BCUT2D eigenvalue weighted by atomic mass is 16.6. The lowest BCUT2D eigenvalue weighted by Gasteiger charge is -2.07. The van der Waals surface area contributed by atoms with Crippen LogP contribution in [0.25, 0.3) is 0 Å². The van der Waals surface area contributed by atoms with E-state index < -0.39 is 5.97 Å². The van der Waals surface area contributed by atoms with Crippen LogP contribution in [0.2, 0.25) is 0 Å². The van der Waals surface area contributed by atoms with Gasteiger partial charge in [-0.05, 0) is 32.0 Å². The van der Waals surface area contributed by atoms with Crippen LogP contribution in [-0.2, 0) is 0 Å². The molecule has 1 aromatic carbocycles. The molecule has 2 rings (SSSR count). The summed E-state index contributed by atoms with van der Waals surface area (Å²) in [5, 5.41) is 0. The number of carbonyl (C=O) groups is 1. The zero-order chi connectivity index (χ0) is 13.1. The van der Waals surface area contributed by atoms with Gasteiger partial charge in [0.05, 0.1) is 7.11 Å². The quantitative estimate of drug-likeness (QED) is 0.616. The van der Waals surface area contributed by atoms with Gasteiger partial charge < -0.3 is 13.9 Å². The number of benzene rings is 1. The summed E-state index contributed by atoms with van der Waals surface area (Å²) in [5.41, 5.74) is 0.429. The molecule has 0 aliphatic heterocycles. The Morgan fingerprint density at radius 2 is 1.83 bits per heavy atom. The molecule has 0 atom stereocenters. The Balaban J connectivity index is 2.24. The molecule has 0 spiro atoms. The number of aryl methyl sites for hydroxylation is 2. The molecule has 0 radical (unpaired) electrons. The van der Waals surface area contributed by atoms with Crippen molar-refractivity contribution in [3.05, 3.63) is 47.4 Å². The minimum absolute atomic E-state index is 0.392. The number of hydrogen-bond donors (Lipinski definition) is 0. The topological polar surface area (TPSA) is 48.7 Å². The minimum Gasteiger partial charge on any atom is -0.493 e. The van der Waals surface area contributed by atoms with Gasteiger partial charge in [0.2, 0.25) is 0 Å². The fourth-order valence-electron chi connectivity index (χ4n) is 1.69. The number of rotatable bonds is 3. The van der Waals surface area contributed by atoms with Crippen LogP contribution in [0.3, 0.4) is 0 Å². The first kappa shape index (κ1) is 12.2. The van der Waals surface area contributed by atoms with Crippen molar-refractivity contribution in [2.24, 2.45) is 0 Å². The highest BCUT2D eigenvalue weighted by Gasteiger charge is 2.17. The molecule has 0 aliphatic rings. The molecule has 4 nitrogen and oxygen atoms in total. The number of esters is 1. The molecule has 0 saturated carbocycles. The number of para-hydroxylation sites is 2. The Morgan fingerprint density at radius 1 is 1.17 bits per heavy atom. The van der Waals surface area contributed by atoms with Crippen LogP contribution in [0.15, 0.2) is 34.7 Å². The lowest BCUT2D eigenvalue weighted by atomic mass is 10.2. The van der Waals surface area contributed by atoms with Crippen LogP contribution in [0.4, 0.5) is 0 Å². The van der Waals surface area contributed by atoms with E-state index in [1.165, 1.54) is 7.11 Å². The first-order chi connectivity index (χ1) is 8.61. The summed E-state index contributed by atoms with van der Waals surface area (Å²) in [6.07, 6.45) is 0. The summed E-state index contributed by atoms with van der Waals surface area (Å²) in [6, 6.07) is 8.66. The Labute approximate surface area is 105 Å². The summed E-state index contributed by atoms with van der Waals surface area (Å²) in [7, 11) is 1.53. The van der Waals surface area contributed by atoms with E-state index in [1.807, 2.05) is 6.07 Å². The summed E-state index contributed by atoms with van der Waals surface area (Å²) >= 11 is 0. The molecule has 0 fully saturated rings. The van der Waals surface area contributed by atoms with Crippen molar-refractivity contribution >= 4 is 5.97 Å². The molecular formula is C14H14O4. The number of furan rings is 1. The Hall–Kier alpha value is -2.23. The molecular weight excluding hydrogens is 232 g/mol. The van der Waals surface area contributed by atoms with Crippen LogP contribution >= 0.6 is 0 Å². The summed E-state index contributed by atoms with van der Waals surface area (Å²) in [6.45, 7) is 3.51. The van der Waals surface area contributed by atoms with Crippen LogP contribution in [-0.4, -0.2) is 13.1 Å². The molecule has 0 bridgehead atoms. The SMILES string of the molecule is COc1ccccc1OC(=O)c1cc(C)oc1C. The van der Waals surface area contributed by atoms with Crippen molar-refractivity contribution in [3.63, 3.8) is 0 Å². The van der Waals surface area contributed by atoms with Gasteiger partial charge in [-0.1, -0.05) is 12.1 Å². The van der Waals surface area contributed by atoms with Gasteiger partial charge in [0, 0.05) is 0 Å². The molecule has 0 amide bonds.